The van der Waals surface area contributed by atoms with Gasteiger partial charge >= 0.3 is 0 Å². The molecule has 0 atom stereocenters. The normalized spacial score (nSPS) is 11.0. The Kier molecular flexibility index (Phi) is 4.09. The van der Waals surface area contributed by atoms with Crippen LogP contribution < -0.4 is 5.73 Å². The molecule has 0 aliphatic heterocycles. The highest BCUT2D eigenvalue weighted by atomic mass is 79.9. The number of nitrogen functional groups attached to an aromatic ring is 1. The van der Waals surface area contributed by atoms with Gasteiger partial charge in [-0.25, -0.2) is 0 Å². The third-order valence-corrected chi connectivity index (χ3v) is 3.44. The van der Waals surface area contributed by atoms with Crippen molar-refractivity contribution in [1.29, 1.82) is 0 Å². The monoisotopic (exact) mass is 312 g/mol. The van der Waals surface area contributed by atoms with Crippen LogP contribution in [0.5, 0.6) is 0 Å². The minimum atomic E-state index is 0.700. The number of nitrogens with zero attached hydrogens (tertiary/aromatic N) is 3. The number of anilines is 1. The van der Waals surface area contributed by atoms with E-state index in [0.717, 1.165) is 23.3 Å². The molecule has 0 saturated carbocycles. The minimum absolute atomic E-state index is 0.700. The molecule has 0 radical (unpaired) electrons. The topological polar surface area (TPSA) is 55.0 Å². The molecule has 0 fully saturated rings. The highest BCUT2D eigenvalue weighted by Crippen LogP contribution is 2.17. The summed E-state index contributed by atoms with van der Waals surface area (Å²) in [5, 5.41) is 4.71. The Balaban J connectivity index is 1.98. The maximum absolute atomic E-state index is 5.77. The fourth-order valence-electron chi connectivity index (χ4n) is 1.58. The fraction of sp³-hybridized carbons (Fsp3) is 0.273. The minimum Gasteiger partial charge on any atom is -0.388 e. The van der Waals surface area contributed by atoms with Crippen molar-refractivity contribution >= 4 is 32.5 Å². The molecule has 1 aromatic carbocycles. The molecule has 4 nitrogen and oxygen atoms in total. The Morgan fingerprint density at radius 3 is 2.88 bits per heavy atom. The molecular weight excluding hydrogens is 300 g/mol. The van der Waals surface area contributed by atoms with Gasteiger partial charge in [0.15, 0.2) is 0 Å². The van der Waals surface area contributed by atoms with Gasteiger partial charge in [-0.1, -0.05) is 32.6 Å². The number of benzene rings is 1. The zero-order valence-corrected chi connectivity index (χ0v) is 11.8. The third-order valence-electron chi connectivity index (χ3n) is 2.35. The summed E-state index contributed by atoms with van der Waals surface area (Å²) in [4.78, 5) is 2.16. The lowest BCUT2D eigenvalue weighted by Crippen LogP contribution is -2.18. The number of aromatic nitrogens is 2. The second-order valence-electron chi connectivity index (χ2n) is 3.89. The summed E-state index contributed by atoms with van der Waals surface area (Å²) in [6.45, 7) is 1.57. The maximum Gasteiger partial charge on any atom is 0.132 e. The Bertz CT molecular complexity index is 500. The Hall–Kier alpha value is -0.980. The molecule has 2 aromatic rings. The molecule has 0 amide bonds. The van der Waals surface area contributed by atoms with E-state index in [-0.39, 0.29) is 0 Å². The van der Waals surface area contributed by atoms with E-state index in [4.69, 9.17) is 5.73 Å². The van der Waals surface area contributed by atoms with E-state index >= 15 is 0 Å². The lowest BCUT2D eigenvalue weighted by Gasteiger charge is -2.15. The lowest BCUT2D eigenvalue weighted by atomic mass is 10.2. The van der Waals surface area contributed by atoms with Crippen LogP contribution >= 0.6 is 27.5 Å². The third kappa shape index (κ3) is 3.49. The van der Waals surface area contributed by atoms with Crippen LogP contribution in [0.25, 0.3) is 0 Å². The molecule has 17 heavy (non-hydrogen) atoms. The van der Waals surface area contributed by atoms with Gasteiger partial charge in [-0.05, 0) is 24.7 Å². The molecule has 1 heterocycles. The standard InChI is InChI=1S/C11H13BrN4S/c1-16(7-10-11(13)17-15-14-10)6-8-3-2-4-9(12)5-8/h2-5H,6-7,13H2,1H3. The highest BCUT2D eigenvalue weighted by Gasteiger charge is 2.08. The van der Waals surface area contributed by atoms with Gasteiger partial charge < -0.3 is 5.73 Å². The van der Waals surface area contributed by atoms with Gasteiger partial charge in [0, 0.05) is 29.1 Å². The fourth-order valence-corrected chi connectivity index (χ4v) is 2.47. The first-order valence-corrected chi connectivity index (χ1v) is 6.71. The molecule has 0 unspecified atom stereocenters. The Labute approximate surface area is 113 Å². The van der Waals surface area contributed by atoms with Gasteiger partial charge in [-0.3, -0.25) is 4.90 Å². The van der Waals surface area contributed by atoms with Gasteiger partial charge in [0.2, 0.25) is 0 Å². The van der Waals surface area contributed by atoms with Gasteiger partial charge in [0.05, 0.1) is 0 Å². The molecule has 2 rings (SSSR count). The quantitative estimate of drug-likeness (QED) is 0.942. The van der Waals surface area contributed by atoms with Gasteiger partial charge in [-0.2, -0.15) is 0 Å². The Morgan fingerprint density at radius 1 is 1.41 bits per heavy atom. The molecular formula is C11H13BrN4S. The van der Waals surface area contributed by atoms with Crippen LogP contribution in [0.15, 0.2) is 28.7 Å². The zero-order valence-electron chi connectivity index (χ0n) is 9.43. The van der Waals surface area contributed by atoms with E-state index in [1.807, 2.05) is 19.2 Å². The predicted molar refractivity (Wildman–Crippen MR) is 73.6 cm³/mol. The SMILES string of the molecule is CN(Cc1cccc(Br)c1)Cc1nnsc1N. The summed E-state index contributed by atoms with van der Waals surface area (Å²) in [6, 6.07) is 8.26. The summed E-state index contributed by atoms with van der Waals surface area (Å²) >= 11 is 4.70. The van der Waals surface area contributed by atoms with Crippen LogP contribution in [-0.4, -0.2) is 21.5 Å². The van der Waals surface area contributed by atoms with E-state index in [9.17, 15) is 0 Å². The van der Waals surface area contributed by atoms with Crippen LogP contribution in [0.1, 0.15) is 11.3 Å². The number of hydrogen-bond donors (Lipinski definition) is 1. The molecule has 0 bridgehead atoms. The number of hydrogen-bond acceptors (Lipinski definition) is 5. The number of nitrogens with two attached hydrogens (primary N) is 1. The first-order valence-electron chi connectivity index (χ1n) is 5.15. The van der Waals surface area contributed by atoms with E-state index in [1.165, 1.54) is 17.1 Å². The molecule has 0 saturated heterocycles. The molecule has 0 aliphatic rings. The van der Waals surface area contributed by atoms with Crippen LogP contribution in [0.4, 0.5) is 5.00 Å². The van der Waals surface area contributed by atoms with Crippen molar-refractivity contribution in [1.82, 2.24) is 14.5 Å². The van der Waals surface area contributed by atoms with Crippen LogP contribution in [0, 0.1) is 0 Å². The maximum atomic E-state index is 5.77. The highest BCUT2D eigenvalue weighted by molar-refractivity contribution is 9.10. The van der Waals surface area contributed by atoms with E-state index < -0.39 is 0 Å². The number of rotatable bonds is 4. The summed E-state index contributed by atoms with van der Waals surface area (Å²) in [5.41, 5.74) is 7.87. The number of halogens is 1. The van der Waals surface area contributed by atoms with E-state index in [1.54, 1.807) is 0 Å². The van der Waals surface area contributed by atoms with E-state index in [0.29, 0.717) is 5.00 Å². The van der Waals surface area contributed by atoms with Crippen LogP contribution in [-0.2, 0) is 13.1 Å². The van der Waals surface area contributed by atoms with Crippen molar-refractivity contribution in [3.63, 3.8) is 0 Å². The average molecular weight is 313 g/mol. The van der Waals surface area contributed by atoms with Crippen molar-refractivity contribution in [3.8, 4) is 0 Å². The molecule has 0 aliphatic carbocycles. The predicted octanol–water partition coefficient (Wildman–Crippen LogP) is 2.51. The average Bonchev–Trinajstić information content (AvgIpc) is 2.64. The molecule has 90 valence electrons. The van der Waals surface area contributed by atoms with Gasteiger partial charge in [0.1, 0.15) is 10.7 Å². The van der Waals surface area contributed by atoms with Crippen molar-refractivity contribution in [3.05, 3.63) is 40.0 Å². The smallest absolute Gasteiger partial charge is 0.132 e. The summed E-state index contributed by atoms with van der Waals surface area (Å²) in [7, 11) is 2.04. The van der Waals surface area contributed by atoms with Crippen molar-refractivity contribution in [2.45, 2.75) is 13.1 Å². The first-order chi connectivity index (χ1) is 8.15. The summed E-state index contributed by atoms with van der Waals surface area (Å²) in [6.07, 6.45) is 0. The lowest BCUT2D eigenvalue weighted by molar-refractivity contribution is 0.315. The summed E-state index contributed by atoms with van der Waals surface area (Å²) < 4.78 is 4.92. The van der Waals surface area contributed by atoms with Gasteiger partial charge in [0.25, 0.3) is 0 Å². The second-order valence-corrected chi connectivity index (χ2v) is 5.59. The first kappa shape index (κ1) is 12.5. The molecule has 1 aromatic heterocycles. The Morgan fingerprint density at radius 2 is 2.24 bits per heavy atom. The van der Waals surface area contributed by atoms with Crippen LogP contribution in [0.2, 0.25) is 0 Å². The van der Waals surface area contributed by atoms with Crippen molar-refractivity contribution in [2.24, 2.45) is 0 Å². The molecule has 2 N–H and O–H groups in total. The largest absolute Gasteiger partial charge is 0.388 e. The molecule has 6 heteroatoms. The second kappa shape index (κ2) is 5.57. The van der Waals surface area contributed by atoms with Gasteiger partial charge in [-0.15, -0.1) is 5.10 Å². The van der Waals surface area contributed by atoms with Crippen molar-refractivity contribution < 1.29 is 0 Å². The summed E-state index contributed by atoms with van der Waals surface area (Å²) in [5.74, 6) is 0. The zero-order chi connectivity index (χ0) is 12.3. The molecule has 0 spiro atoms. The van der Waals surface area contributed by atoms with E-state index in [2.05, 4.69) is 42.5 Å². The van der Waals surface area contributed by atoms with Crippen molar-refractivity contribution in [2.75, 3.05) is 12.8 Å². The van der Waals surface area contributed by atoms with Crippen LogP contribution in [0.3, 0.4) is 0 Å².